The number of aromatic nitrogens is 2. The van der Waals surface area contributed by atoms with Gasteiger partial charge in [0, 0.05) is 38.3 Å². The van der Waals surface area contributed by atoms with Gasteiger partial charge in [-0.2, -0.15) is 22.6 Å². The van der Waals surface area contributed by atoms with Crippen LogP contribution in [0.4, 0.5) is 19.0 Å². The lowest BCUT2D eigenvalue weighted by atomic mass is 9.90. The van der Waals surface area contributed by atoms with E-state index in [1.807, 2.05) is 13.8 Å². The lowest BCUT2D eigenvalue weighted by molar-refractivity contribution is -0.174. The third kappa shape index (κ3) is 4.42. The second-order valence-electron chi connectivity index (χ2n) is 10.0. The zero-order chi connectivity index (χ0) is 25.2. The van der Waals surface area contributed by atoms with Crippen LogP contribution in [0.15, 0.2) is 35.2 Å². The summed E-state index contributed by atoms with van der Waals surface area (Å²) in [6.45, 7) is 4.29. The van der Waals surface area contributed by atoms with Crippen molar-refractivity contribution < 1.29 is 26.4 Å². The van der Waals surface area contributed by atoms with E-state index in [1.165, 1.54) is 15.3 Å². The van der Waals surface area contributed by atoms with Gasteiger partial charge in [0.1, 0.15) is 5.82 Å². The fraction of sp³-hybridized carbons (Fsp3) is 0.565. The normalized spacial score (nSPS) is 24.5. The van der Waals surface area contributed by atoms with Crippen molar-refractivity contribution in [2.45, 2.75) is 56.3 Å². The molecule has 3 aliphatic rings. The number of hydrogen-bond donors (Lipinski definition) is 1. The number of halogens is 3. The SMILES string of the molecule is Cc1ccc(S(=O)(=O)N2CCN(C(=O)c3cc4n(n3)[C@H](C(F)(F)F)C[C@H](C3(C)CC3)N4)CC2)cc1. The Kier molecular flexibility index (Phi) is 5.67. The van der Waals surface area contributed by atoms with E-state index < -0.39 is 28.1 Å². The molecule has 2 aromatic rings. The lowest BCUT2D eigenvalue weighted by Crippen LogP contribution is -2.50. The molecular weight excluding hydrogens is 483 g/mol. The van der Waals surface area contributed by atoms with Gasteiger partial charge in [-0.05, 0) is 43.7 Å². The van der Waals surface area contributed by atoms with Crippen molar-refractivity contribution in [1.29, 1.82) is 0 Å². The quantitative estimate of drug-likeness (QED) is 0.680. The van der Waals surface area contributed by atoms with Crippen LogP contribution < -0.4 is 5.32 Å². The van der Waals surface area contributed by atoms with Crippen molar-refractivity contribution in [3.63, 3.8) is 0 Å². The summed E-state index contributed by atoms with van der Waals surface area (Å²) in [4.78, 5) is 14.7. The Morgan fingerprint density at radius 1 is 1.11 bits per heavy atom. The minimum atomic E-state index is -4.48. The molecular formula is C23H28F3N5O3S. The van der Waals surface area contributed by atoms with Crippen molar-refractivity contribution in [2.75, 3.05) is 31.5 Å². The maximum atomic E-state index is 13.8. The highest BCUT2D eigenvalue weighted by atomic mass is 32.2. The van der Waals surface area contributed by atoms with Gasteiger partial charge >= 0.3 is 6.18 Å². The third-order valence-electron chi connectivity index (χ3n) is 7.47. The van der Waals surface area contributed by atoms with E-state index in [4.69, 9.17) is 0 Å². The molecule has 1 saturated heterocycles. The number of anilines is 1. The zero-order valence-corrected chi connectivity index (χ0v) is 20.4. The summed E-state index contributed by atoms with van der Waals surface area (Å²) in [5.41, 5.74) is 0.697. The van der Waals surface area contributed by atoms with Crippen molar-refractivity contribution >= 4 is 21.7 Å². The smallest absolute Gasteiger partial charge is 0.367 e. The van der Waals surface area contributed by atoms with Crippen LogP contribution in [-0.2, 0) is 10.0 Å². The van der Waals surface area contributed by atoms with Crippen LogP contribution in [0.25, 0.3) is 0 Å². The van der Waals surface area contributed by atoms with Crippen LogP contribution in [0.1, 0.15) is 48.3 Å². The van der Waals surface area contributed by atoms with Crippen LogP contribution in [0, 0.1) is 12.3 Å². The summed E-state index contributed by atoms with van der Waals surface area (Å²) in [5.74, 6) is -0.308. The summed E-state index contributed by atoms with van der Waals surface area (Å²) in [5, 5.41) is 7.22. The highest BCUT2D eigenvalue weighted by Gasteiger charge is 2.53. The number of fused-ring (bicyclic) bond motifs is 1. The Bertz CT molecular complexity index is 1230. The molecule has 1 amide bonds. The number of alkyl halides is 3. The Morgan fingerprint density at radius 2 is 1.74 bits per heavy atom. The van der Waals surface area contributed by atoms with Gasteiger partial charge in [0.25, 0.3) is 5.91 Å². The first-order chi connectivity index (χ1) is 16.4. The summed E-state index contributed by atoms with van der Waals surface area (Å²) in [7, 11) is -3.69. The molecule has 12 heteroatoms. The maximum Gasteiger partial charge on any atom is 0.410 e. The first-order valence-electron chi connectivity index (χ1n) is 11.7. The molecule has 1 saturated carbocycles. The number of nitrogens with zero attached hydrogens (tertiary/aromatic N) is 4. The van der Waals surface area contributed by atoms with Gasteiger partial charge in [-0.25, -0.2) is 13.1 Å². The Balaban J connectivity index is 1.31. The van der Waals surface area contributed by atoms with E-state index in [2.05, 4.69) is 10.4 Å². The number of piperazine rings is 1. The van der Waals surface area contributed by atoms with Gasteiger partial charge < -0.3 is 10.2 Å². The molecule has 8 nitrogen and oxygen atoms in total. The third-order valence-corrected chi connectivity index (χ3v) is 9.39. The number of benzene rings is 1. The minimum absolute atomic E-state index is 0.0711. The van der Waals surface area contributed by atoms with Crippen LogP contribution in [0.5, 0.6) is 0 Å². The fourth-order valence-electron chi connectivity index (χ4n) is 4.83. The maximum absolute atomic E-state index is 13.8. The molecule has 190 valence electrons. The number of carbonyl (C=O) groups is 1. The summed E-state index contributed by atoms with van der Waals surface area (Å²) >= 11 is 0. The predicted molar refractivity (Wildman–Crippen MR) is 123 cm³/mol. The first-order valence-corrected chi connectivity index (χ1v) is 13.1. The monoisotopic (exact) mass is 511 g/mol. The van der Waals surface area contributed by atoms with E-state index in [-0.39, 0.29) is 60.5 Å². The molecule has 1 aromatic heterocycles. The van der Waals surface area contributed by atoms with E-state index in [0.717, 1.165) is 23.1 Å². The van der Waals surface area contributed by atoms with Crippen LogP contribution in [0.3, 0.4) is 0 Å². The van der Waals surface area contributed by atoms with E-state index in [1.54, 1.807) is 24.3 Å². The highest BCUT2D eigenvalue weighted by Crippen LogP contribution is 2.54. The molecule has 35 heavy (non-hydrogen) atoms. The summed E-state index contributed by atoms with van der Waals surface area (Å²) in [6, 6.07) is 5.81. The molecule has 2 aliphatic heterocycles. The molecule has 0 spiro atoms. The average Bonchev–Trinajstić information content (AvgIpc) is 3.42. The van der Waals surface area contributed by atoms with Gasteiger partial charge in [0.2, 0.25) is 10.0 Å². The van der Waals surface area contributed by atoms with Gasteiger partial charge in [-0.15, -0.1) is 0 Å². The molecule has 5 rings (SSSR count). The minimum Gasteiger partial charge on any atom is -0.367 e. The zero-order valence-electron chi connectivity index (χ0n) is 19.5. The van der Waals surface area contributed by atoms with Crippen molar-refractivity contribution in [3.8, 4) is 0 Å². The number of nitrogens with one attached hydrogen (secondary N) is 1. The van der Waals surface area contributed by atoms with Crippen molar-refractivity contribution in [1.82, 2.24) is 19.0 Å². The Morgan fingerprint density at radius 3 is 2.31 bits per heavy atom. The Labute approximate surface area is 202 Å². The molecule has 1 aliphatic carbocycles. The second-order valence-corrected chi connectivity index (χ2v) is 12.0. The molecule has 0 radical (unpaired) electrons. The first kappa shape index (κ1) is 24.1. The van der Waals surface area contributed by atoms with Gasteiger partial charge in [-0.3, -0.25) is 4.79 Å². The number of rotatable bonds is 4. The fourth-order valence-corrected chi connectivity index (χ4v) is 6.26. The van der Waals surface area contributed by atoms with Gasteiger partial charge in [-0.1, -0.05) is 24.6 Å². The number of carbonyl (C=O) groups excluding carboxylic acids is 1. The van der Waals surface area contributed by atoms with Crippen LogP contribution in [0.2, 0.25) is 0 Å². The number of amides is 1. The summed E-state index contributed by atoms with van der Waals surface area (Å²) in [6.07, 6.45) is -2.88. The molecule has 0 unspecified atom stereocenters. The molecule has 0 bridgehead atoms. The van der Waals surface area contributed by atoms with Crippen molar-refractivity contribution in [2.24, 2.45) is 5.41 Å². The van der Waals surface area contributed by atoms with E-state index >= 15 is 0 Å². The standard InChI is InChI=1S/C23H28F3N5O3S/c1-15-3-5-16(6-4-15)35(33,34)30-11-9-29(10-12-30)21(32)17-13-20-27-18(22(2)7-8-22)14-19(23(24,25)26)31(20)28-17/h3-6,13,18-19,27H,7-12,14H2,1-2H3/t18-,19+/m1/s1. The average molecular weight is 512 g/mol. The topological polar surface area (TPSA) is 87.5 Å². The highest BCUT2D eigenvalue weighted by molar-refractivity contribution is 7.89. The largest absolute Gasteiger partial charge is 0.410 e. The number of aryl methyl sites for hydroxylation is 1. The summed E-state index contributed by atoms with van der Waals surface area (Å²) < 4.78 is 69.5. The van der Waals surface area contributed by atoms with E-state index in [9.17, 15) is 26.4 Å². The molecule has 2 fully saturated rings. The molecule has 2 atom stereocenters. The Hall–Kier alpha value is -2.60. The van der Waals surface area contributed by atoms with Crippen LogP contribution in [-0.4, -0.2) is 71.7 Å². The number of hydrogen-bond acceptors (Lipinski definition) is 5. The lowest BCUT2D eigenvalue weighted by Gasteiger charge is -2.36. The van der Waals surface area contributed by atoms with Gasteiger partial charge in [0.15, 0.2) is 11.7 Å². The van der Waals surface area contributed by atoms with Gasteiger partial charge in [0.05, 0.1) is 4.90 Å². The van der Waals surface area contributed by atoms with Crippen molar-refractivity contribution in [3.05, 3.63) is 41.6 Å². The molecule has 1 N–H and O–H groups in total. The number of sulfonamides is 1. The van der Waals surface area contributed by atoms with E-state index in [0.29, 0.717) is 0 Å². The molecule has 3 heterocycles. The predicted octanol–water partition coefficient (Wildman–Crippen LogP) is 3.43. The second kappa shape index (κ2) is 8.22. The molecule has 1 aromatic carbocycles. The van der Waals surface area contributed by atoms with Crippen LogP contribution >= 0.6 is 0 Å².